The van der Waals surface area contributed by atoms with Crippen LogP contribution in [0.5, 0.6) is 0 Å². The Bertz CT molecular complexity index is 134. The van der Waals surface area contributed by atoms with Gasteiger partial charge in [0.15, 0.2) is 0 Å². The fourth-order valence-electron chi connectivity index (χ4n) is 2.41. The van der Waals surface area contributed by atoms with Crippen molar-refractivity contribution in [2.45, 2.75) is 52.5 Å². The molecule has 0 aromatic carbocycles. The Hall–Kier alpha value is -0.0400. The van der Waals surface area contributed by atoms with E-state index in [1.54, 1.807) is 0 Å². The molecule has 0 N–H and O–H groups in total. The Labute approximate surface area is 83.5 Å². The first-order valence-electron chi connectivity index (χ1n) is 5.79. The normalized spacial score (nSPS) is 30.0. The standard InChI is InChI=1S/C12H25N/c1-10(2)9-13(4)12-7-5-11(3)6-8-12/h10-12H,5-9H2,1-4H3/t11-,12-. The fraction of sp³-hybridized carbons (Fsp3) is 1.00. The van der Waals surface area contributed by atoms with Crippen LogP contribution >= 0.6 is 0 Å². The van der Waals surface area contributed by atoms with Crippen LogP contribution in [0.25, 0.3) is 0 Å². The molecule has 1 nitrogen and oxygen atoms in total. The van der Waals surface area contributed by atoms with Crippen molar-refractivity contribution in [2.75, 3.05) is 13.6 Å². The largest absolute Gasteiger partial charge is 0.303 e. The van der Waals surface area contributed by atoms with E-state index in [0.29, 0.717) is 0 Å². The number of hydrogen-bond acceptors (Lipinski definition) is 1. The monoisotopic (exact) mass is 183 g/mol. The molecule has 0 radical (unpaired) electrons. The summed E-state index contributed by atoms with van der Waals surface area (Å²) in [7, 11) is 2.29. The molecule has 0 aromatic heterocycles. The van der Waals surface area contributed by atoms with Crippen LogP contribution in [0.3, 0.4) is 0 Å². The van der Waals surface area contributed by atoms with Gasteiger partial charge in [-0.25, -0.2) is 0 Å². The molecule has 0 atom stereocenters. The van der Waals surface area contributed by atoms with Crippen molar-refractivity contribution in [3.05, 3.63) is 0 Å². The van der Waals surface area contributed by atoms with Gasteiger partial charge in [-0.3, -0.25) is 0 Å². The van der Waals surface area contributed by atoms with E-state index in [9.17, 15) is 0 Å². The SMILES string of the molecule is CC(C)CN(C)[C@H]1CC[C@H](C)CC1. The van der Waals surface area contributed by atoms with Crippen molar-refractivity contribution < 1.29 is 0 Å². The highest BCUT2D eigenvalue weighted by molar-refractivity contribution is 4.76. The summed E-state index contributed by atoms with van der Waals surface area (Å²) < 4.78 is 0. The summed E-state index contributed by atoms with van der Waals surface area (Å²) in [6.07, 6.45) is 5.72. The minimum Gasteiger partial charge on any atom is -0.303 e. The number of hydrogen-bond donors (Lipinski definition) is 0. The maximum absolute atomic E-state index is 2.57. The van der Waals surface area contributed by atoms with Gasteiger partial charge in [0.05, 0.1) is 0 Å². The molecule has 1 heteroatoms. The highest BCUT2D eigenvalue weighted by Crippen LogP contribution is 2.26. The van der Waals surface area contributed by atoms with E-state index in [4.69, 9.17) is 0 Å². The topological polar surface area (TPSA) is 3.24 Å². The van der Waals surface area contributed by atoms with Gasteiger partial charge in [0.1, 0.15) is 0 Å². The Morgan fingerprint density at radius 3 is 2.15 bits per heavy atom. The molecule has 0 aliphatic heterocycles. The van der Waals surface area contributed by atoms with Gasteiger partial charge in [-0.1, -0.05) is 20.8 Å². The highest BCUT2D eigenvalue weighted by atomic mass is 15.1. The van der Waals surface area contributed by atoms with Gasteiger partial charge >= 0.3 is 0 Å². The first-order valence-corrected chi connectivity index (χ1v) is 5.79. The predicted molar refractivity (Wildman–Crippen MR) is 58.9 cm³/mol. The van der Waals surface area contributed by atoms with Gasteiger partial charge < -0.3 is 4.90 Å². The van der Waals surface area contributed by atoms with Crippen LogP contribution in [0.15, 0.2) is 0 Å². The second kappa shape index (κ2) is 4.99. The Morgan fingerprint density at radius 1 is 1.15 bits per heavy atom. The molecule has 1 saturated carbocycles. The molecule has 13 heavy (non-hydrogen) atoms. The summed E-state index contributed by atoms with van der Waals surface area (Å²) in [4.78, 5) is 2.57. The van der Waals surface area contributed by atoms with E-state index in [0.717, 1.165) is 17.9 Å². The summed E-state index contributed by atoms with van der Waals surface area (Å²) in [6, 6.07) is 0.874. The van der Waals surface area contributed by atoms with Gasteiger partial charge in [0, 0.05) is 12.6 Å². The fourth-order valence-corrected chi connectivity index (χ4v) is 2.41. The molecule has 78 valence electrons. The number of nitrogens with zero attached hydrogens (tertiary/aromatic N) is 1. The lowest BCUT2D eigenvalue weighted by Crippen LogP contribution is -2.37. The average molecular weight is 183 g/mol. The molecule has 1 aliphatic rings. The second-order valence-electron chi connectivity index (χ2n) is 5.25. The molecule has 0 aromatic rings. The Kier molecular flexibility index (Phi) is 4.24. The molecule has 0 spiro atoms. The van der Waals surface area contributed by atoms with E-state index in [1.807, 2.05) is 0 Å². The quantitative estimate of drug-likeness (QED) is 0.649. The van der Waals surface area contributed by atoms with Crippen LogP contribution in [0.1, 0.15) is 46.5 Å². The maximum atomic E-state index is 2.57. The van der Waals surface area contributed by atoms with Crippen LogP contribution in [0.2, 0.25) is 0 Å². The summed E-state index contributed by atoms with van der Waals surface area (Å²) in [6.45, 7) is 8.27. The lowest BCUT2D eigenvalue weighted by atomic mass is 9.86. The van der Waals surface area contributed by atoms with Crippen LogP contribution in [0, 0.1) is 11.8 Å². The van der Waals surface area contributed by atoms with Crippen LogP contribution in [-0.4, -0.2) is 24.5 Å². The Balaban J connectivity index is 2.27. The molecule has 0 unspecified atom stereocenters. The summed E-state index contributed by atoms with van der Waals surface area (Å²) in [5.41, 5.74) is 0. The summed E-state index contributed by atoms with van der Waals surface area (Å²) in [5, 5.41) is 0. The van der Waals surface area contributed by atoms with Crippen LogP contribution < -0.4 is 0 Å². The van der Waals surface area contributed by atoms with E-state index in [2.05, 4.69) is 32.7 Å². The molecule has 0 saturated heterocycles. The van der Waals surface area contributed by atoms with Crippen LogP contribution in [0.4, 0.5) is 0 Å². The lowest BCUT2D eigenvalue weighted by molar-refractivity contribution is 0.156. The summed E-state index contributed by atoms with van der Waals surface area (Å²) in [5.74, 6) is 1.79. The van der Waals surface area contributed by atoms with E-state index in [-0.39, 0.29) is 0 Å². The van der Waals surface area contributed by atoms with Crippen molar-refractivity contribution in [1.29, 1.82) is 0 Å². The molecule has 0 heterocycles. The molecule has 1 rings (SSSR count). The second-order valence-corrected chi connectivity index (χ2v) is 5.25. The predicted octanol–water partition coefficient (Wildman–Crippen LogP) is 3.15. The summed E-state index contributed by atoms with van der Waals surface area (Å²) >= 11 is 0. The van der Waals surface area contributed by atoms with Gasteiger partial charge in [-0.05, 0) is 44.6 Å². The molecular weight excluding hydrogens is 158 g/mol. The minimum absolute atomic E-state index is 0.810. The lowest BCUT2D eigenvalue weighted by Gasteiger charge is -2.34. The van der Waals surface area contributed by atoms with Crippen molar-refractivity contribution in [1.82, 2.24) is 4.90 Å². The van der Waals surface area contributed by atoms with Crippen molar-refractivity contribution in [3.63, 3.8) is 0 Å². The van der Waals surface area contributed by atoms with Crippen molar-refractivity contribution in [2.24, 2.45) is 11.8 Å². The maximum Gasteiger partial charge on any atom is 0.00925 e. The average Bonchev–Trinajstić information content (AvgIpc) is 2.04. The Morgan fingerprint density at radius 2 is 1.69 bits per heavy atom. The van der Waals surface area contributed by atoms with Crippen LogP contribution in [-0.2, 0) is 0 Å². The zero-order valence-corrected chi connectivity index (χ0v) is 9.71. The first kappa shape index (κ1) is 11.0. The van der Waals surface area contributed by atoms with Gasteiger partial charge in [-0.2, -0.15) is 0 Å². The van der Waals surface area contributed by atoms with Crippen molar-refractivity contribution in [3.8, 4) is 0 Å². The third kappa shape index (κ3) is 3.68. The minimum atomic E-state index is 0.810. The molecule has 0 amide bonds. The molecule has 1 fully saturated rings. The molecule has 1 aliphatic carbocycles. The van der Waals surface area contributed by atoms with E-state index < -0.39 is 0 Å². The first-order chi connectivity index (χ1) is 6.09. The zero-order valence-electron chi connectivity index (χ0n) is 9.71. The number of rotatable bonds is 3. The molecular formula is C12H25N. The van der Waals surface area contributed by atoms with Crippen molar-refractivity contribution >= 4 is 0 Å². The third-order valence-electron chi connectivity index (χ3n) is 3.26. The highest BCUT2D eigenvalue weighted by Gasteiger charge is 2.21. The van der Waals surface area contributed by atoms with E-state index in [1.165, 1.54) is 32.2 Å². The molecule has 0 bridgehead atoms. The smallest absolute Gasteiger partial charge is 0.00925 e. The van der Waals surface area contributed by atoms with Gasteiger partial charge in [0.25, 0.3) is 0 Å². The van der Waals surface area contributed by atoms with Gasteiger partial charge in [-0.15, -0.1) is 0 Å². The van der Waals surface area contributed by atoms with E-state index >= 15 is 0 Å². The third-order valence-corrected chi connectivity index (χ3v) is 3.26. The zero-order chi connectivity index (χ0) is 9.84. The van der Waals surface area contributed by atoms with Gasteiger partial charge in [0.2, 0.25) is 0 Å².